The van der Waals surface area contributed by atoms with Gasteiger partial charge in [-0.25, -0.2) is 0 Å². The van der Waals surface area contributed by atoms with Crippen LogP contribution in [0.5, 0.6) is 0 Å². The Hall–Kier alpha value is -1.10. The third-order valence-electron chi connectivity index (χ3n) is 4.00. The van der Waals surface area contributed by atoms with E-state index in [1.54, 1.807) is 0 Å². The van der Waals surface area contributed by atoms with Crippen LogP contribution in [0.15, 0.2) is 18.2 Å². The first-order valence-corrected chi connectivity index (χ1v) is 8.84. The van der Waals surface area contributed by atoms with Crippen LogP contribution in [0.3, 0.4) is 0 Å². The smallest absolute Gasteiger partial charge is 0.265 e. The molecule has 1 aliphatic heterocycles. The monoisotopic (exact) mass is 337 g/mol. The second-order valence-corrected chi connectivity index (χ2v) is 7.33. The second kappa shape index (κ2) is 6.19. The third kappa shape index (κ3) is 2.87. The van der Waals surface area contributed by atoms with E-state index < -0.39 is 0 Å². The molecule has 0 N–H and O–H groups in total. The van der Waals surface area contributed by atoms with Crippen molar-refractivity contribution in [2.45, 2.75) is 39.4 Å². The average molecular weight is 338 g/mol. The number of hydrogen-bond donors (Lipinski definition) is 0. The first kappa shape index (κ1) is 15.8. The molecule has 22 heavy (non-hydrogen) atoms. The van der Waals surface area contributed by atoms with Crippen LogP contribution in [-0.4, -0.2) is 36.1 Å². The van der Waals surface area contributed by atoms with Crippen LogP contribution >= 0.6 is 22.9 Å². The SMILES string of the molecule is CCc1ccc2c(Cl)c(C(=O)N3C[C@@H](C)O[C@H](C)C3)sc2c1. The number of rotatable bonds is 2. The highest BCUT2D eigenvalue weighted by atomic mass is 35.5. The van der Waals surface area contributed by atoms with Crippen molar-refractivity contribution in [3.63, 3.8) is 0 Å². The fourth-order valence-corrected chi connectivity index (χ4v) is 4.50. The Morgan fingerprint density at radius 3 is 2.68 bits per heavy atom. The van der Waals surface area contributed by atoms with Crippen molar-refractivity contribution in [2.75, 3.05) is 13.1 Å². The molecule has 118 valence electrons. The molecule has 2 atom stereocenters. The van der Waals surface area contributed by atoms with Gasteiger partial charge in [-0.15, -0.1) is 11.3 Å². The lowest BCUT2D eigenvalue weighted by Crippen LogP contribution is -2.48. The Kier molecular flexibility index (Phi) is 4.44. The number of carbonyl (C=O) groups excluding carboxylic acids is 1. The van der Waals surface area contributed by atoms with Crippen molar-refractivity contribution in [1.29, 1.82) is 0 Å². The maximum atomic E-state index is 12.8. The highest BCUT2D eigenvalue weighted by molar-refractivity contribution is 7.21. The molecule has 1 fully saturated rings. The highest BCUT2D eigenvalue weighted by Gasteiger charge is 2.29. The number of nitrogens with zero attached hydrogens (tertiary/aromatic N) is 1. The normalized spacial score (nSPS) is 22.3. The molecular weight excluding hydrogens is 318 g/mol. The summed E-state index contributed by atoms with van der Waals surface area (Å²) in [4.78, 5) is 15.3. The number of aryl methyl sites for hydroxylation is 1. The van der Waals surface area contributed by atoms with Crippen molar-refractivity contribution < 1.29 is 9.53 Å². The van der Waals surface area contributed by atoms with Gasteiger partial charge in [0.25, 0.3) is 5.91 Å². The first-order chi connectivity index (χ1) is 10.5. The molecule has 2 heterocycles. The van der Waals surface area contributed by atoms with Crippen molar-refractivity contribution in [2.24, 2.45) is 0 Å². The Morgan fingerprint density at radius 1 is 1.36 bits per heavy atom. The number of thiophene rings is 1. The van der Waals surface area contributed by atoms with Crippen molar-refractivity contribution in [1.82, 2.24) is 4.90 Å². The Bertz CT molecular complexity index is 702. The molecule has 0 radical (unpaired) electrons. The predicted octanol–water partition coefficient (Wildman–Crippen LogP) is 4.37. The summed E-state index contributed by atoms with van der Waals surface area (Å²) >= 11 is 7.96. The molecule has 3 nitrogen and oxygen atoms in total. The number of amides is 1. The topological polar surface area (TPSA) is 29.5 Å². The molecule has 0 spiro atoms. The molecular formula is C17H20ClNO2S. The zero-order valence-electron chi connectivity index (χ0n) is 13.1. The number of halogens is 1. The minimum Gasteiger partial charge on any atom is -0.372 e. The summed E-state index contributed by atoms with van der Waals surface area (Å²) in [6, 6.07) is 6.23. The van der Waals surface area contributed by atoms with Crippen LogP contribution in [0.4, 0.5) is 0 Å². The van der Waals surface area contributed by atoms with Crippen molar-refractivity contribution in [3.8, 4) is 0 Å². The lowest BCUT2D eigenvalue weighted by Gasteiger charge is -2.35. The quantitative estimate of drug-likeness (QED) is 0.814. The maximum absolute atomic E-state index is 12.8. The van der Waals surface area contributed by atoms with E-state index in [1.807, 2.05) is 24.8 Å². The number of hydrogen-bond acceptors (Lipinski definition) is 3. The summed E-state index contributed by atoms with van der Waals surface area (Å²) in [7, 11) is 0. The molecule has 5 heteroatoms. The molecule has 1 aromatic carbocycles. The number of morpholine rings is 1. The van der Waals surface area contributed by atoms with E-state index in [-0.39, 0.29) is 18.1 Å². The van der Waals surface area contributed by atoms with Gasteiger partial charge in [0.15, 0.2) is 0 Å². The fraction of sp³-hybridized carbons (Fsp3) is 0.471. The predicted molar refractivity (Wildman–Crippen MR) is 92.1 cm³/mol. The first-order valence-electron chi connectivity index (χ1n) is 7.65. The molecule has 1 aliphatic rings. The lowest BCUT2D eigenvalue weighted by molar-refractivity contribution is -0.0584. The van der Waals surface area contributed by atoms with E-state index >= 15 is 0 Å². The minimum atomic E-state index is 0.0197. The average Bonchev–Trinajstić information content (AvgIpc) is 2.82. The van der Waals surface area contributed by atoms with Crippen LogP contribution in [0.1, 0.15) is 36.0 Å². The maximum Gasteiger partial charge on any atom is 0.265 e. The fourth-order valence-electron chi connectivity index (χ4n) is 2.95. The van der Waals surface area contributed by atoms with E-state index in [0.717, 1.165) is 16.5 Å². The summed E-state index contributed by atoms with van der Waals surface area (Å²) in [6.07, 6.45) is 1.10. The lowest BCUT2D eigenvalue weighted by atomic mass is 10.1. The standard InChI is InChI=1S/C17H20ClNO2S/c1-4-12-5-6-13-14(7-12)22-16(15(13)18)17(20)19-8-10(2)21-11(3)9-19/h5-7,10-11H,4,8-9H2,1-3H3/t10-,11-/m1/s1. The largest absolute Gasteiger partial charge is 0.372 e. The molecule has 1 amide bonds. The second-order valence-electron chi connectivity index (χ2n) is 5.90. The van der Waals surface area contributed by atoms with Gasteiger partial charge >= 0.3 is 0 Å². The zero-order chi connectivity index (χ0) is 15.9. The molecule has 3 rings (SSSR count). The summed E-state index contributed by atoms with van der Waals surface area (Å²) < 4.78 is 6.78. The van der Waals surface area contributed by atoms with Gasteiger partial charge in [0.2, 0.25) is 0 Å². The van der Waals surface area contributed by atoms with Crippen LogP contribution in [0.2, 0.25) is 5.02 Å². The van der Waals surface area contributed by atoms with Gasteiger partial charge < -0.3 is 9.64 Å². The summed E-state index contributed by atoms with van der Waals surface area (Å²) in [5, 5.41) is 1.56. The summed E-state index contributed by atoms with van der Waals surface area (Å²) in [6.45, 7) is 7.35. The zero-order valence-corrected chi connectivity index (χ0v) is 14.6. The number of ether oxygens (including phenoxy) is 1. The van der Waals surface area contributed by atoms with Gasteiger partial charge in [-0.2, -0.15) is 0 Å². The van der Waals surface area contributed by atoms with Gasteiger partial charge in [-0.1, -0.05) is 30.7 Å². The van der Waals surface area contributed by atoms with Crippen LogP contribution in [0.25, 0.3) is 10.1 Å². The molecule has 0 saturated carbocycles. The molecule has 0 unspecified atom stereocenters. The Balaban J connectivity index is 1.95. The van der Waals surface area contributed by atoms with E-state index in [4.69, 9.17) is 16.3 Å². The third-order valence-corrected chi connectivity index (χ3v) is 5.65. The van der Waals surface area contributed by atoms with Crippen LogP contribution in [0, 0.1) is 0 Å². The molecule has 2 aromatic rings. The van der Waals surface area contributed by atoms with E-state index in [0.29, 0.717) is 23.0 Å². The van der Waals surface area contributed by atoms with Crippen molar-refractivity contribution in [3.05, 3.63) is 33.7 Å². The minimum absolute atomic E-state index is 0.0197. The highest BCUT2D eigenvalue weighted by Crippen LogP contribution is 2.37. The van der Waals surface area contributed by atoms with Crippen molar-refractivity contribution >= 4 is 38.9 Å². The Morgan fingerprint density at radius 2 is 2.05 bits per heavy atom. The van der Waals surface area contributed by atoms with Crippen LogP contribution < -0.4 is 0 Å². The summed E-state index contributed by atoms with van der Waals surface area (Å²) in [5.41, 5.74) is 1.26. The van der Waals surface area contributed by atoms with E-state index in [9.17, 15) is 4.79 Å². The molecule has 1 aromatic heterocycles. The number of carbonyl (C=O) groups is 1. The number of fused-ring (bicyclic) bond motifs is 1. The van der Waals surface area contributed by atoms with Gasteiger partial charge in [0, 0.05) is 23.2 Å². The van der Waals surface area contributed by atoms with E-state index in [2.05, 4.69) is 19.1 Å². The molecule has 0 bridgehead atoms. The molecule has 1 saturated heterocycles. The number of benzene rings is 1. The van der Waals surface area contributed by atoms with E-state index in [1.165, 1.54) is 16.9 Å². The Labute approximate surface area is 139 Å². The van der Waals surface area contributed by atoms with Gasteiger partial charge in [0.05, 0.1) is 17.2 Å². The summed E-state index contributed by atoms with van der Waals surface area (Å²) in [5.74, 6) is 0.0197. The van der Waals surface area contributed by atoms with Gasteiger partial charge in [0.1, 0.15) is 4.88 Å². The van der Waals surface area contributed by atoms with Gasteiger partial charge in [-0.3, -0.25) is 4.79 Å². The van der Waals surface area contributed by atoms with Crippen LogP contribution in [-0.2, 0) is 11.2 Å². The molecule has 0 aliphatic carbocycles. The van der Waals surface area contributed by atoms with Gasteiger partial charge in [-0.05, 0) is 31.9 Å².